The van der Waals surface area contributed by atoms with Crippen molar-refractivity contribution in [1.29, 1.82) is 0 Å². The Morgan fingerprint density at radius 2 is 1.10 bits per heavy atom. The average Bonchev–Trinajstić information content (AvgIpc) is 3.42. The highest BCUT2D eigenvalue weighted by atomic mass is 28.3. The smallest absolute Gasteiger partial charge is 0.114 e. The highest BCUT2D eigenvalue weighted by Crippen LogP contribution is 2.42. The third kappa shape index (κ3) is 4.02. The minimum Gasteiger partial charge on any atom is -0.254 e. The van der Waals surface area contributed by atoms with Crippen molar-refractivity contribution >= 4 is 83.5 Å². The van der Waals surface area contributed by atoms with E-state index in [9.17, 15) is 0 Å². The molecule has 3 aromatic heterocycles. The number of hydrogen-bond acceptors (Lipinski definition) is 3. The molecular formula is C47H31N3Si. The summed E-state index contributed by atoms with van der Waals surface area (Å²) in [5, 5.41) is 13.7. The van der Waals surface area contributed by atoms with Crippen LogP contribution in [0.5, 0.6) is 0 Å². The lowest BCUT2D eigenvalue weighted by atomic mass is 9.90. The van der Waals surface area contributed by atoms with Gasteiger partial charge in [-0.3, -0.25) is 4.98 Å². The summed E-state index contributed by atoms with van der Waals surface area (Å²) in [5.41, 5.74) is 9.86. The molecule has 0 saturated carbocycles. The van der Waals surface area contributed by atoms with Crippen LogP contribution in [-0.4, -0.2) is 23.0 Å². The first-order chi connectivity index (χ1) is 25.0. The lowest BCUT2D eigenvalue weighted by Gasteiger charge is -2.22. The molecule has 0 bridgehead atoms. The monoisotopic (exact) mass is 665 g/mol. The molecule has 4 heterocycles. The third-order valence-electron chi connectivity index (χ3n) is 11.2. The first kappa shape index (κ1) is 28.6. The zero-order valence-electron chi connectivity index (χ0n) is 28.3. The van der Waals surface area contributed by atoms with Crippen molar-refractivity contribution in [2.24, 2.45) is 0 Å². The number of nitrogens with zero attached hydrogens (tertiary/aromatic N) is 3. The maximum atomic E-state index is 5.59. The highest BCUT2D eigenvalue weighted by Gasteiger charge is 2.39. The zero-order valence-corrected chi connectivity index (χ0v) is 29.3. The number of pyridine rings is 3. The van der Waals surface area contributed by atoms with Crippen LogP contribution >= 0.6 is 0 Å². The van der Waals surface area contributed by atoms with Gasteiger partial charge in [-0.25, -0.2) is 9.97 Å². The molecular weight excluding hydrogens is 635 g/mol. The number of rotatable bonds is 2. The van der Waals surface area contributed by atoms with Crippen LogP contribution in [0.2, 0.25) is 13.1 Å². The van der Waals surface area contributed by atoms with E-state index in [0.29, 0.717) is 0 Å². The molecule has 1 aliphatic heterocycles. The number of hydrogen-bond donors (Lipinski definition) is 0. The van der Waals surface area contributed by atoms with Crippen LogP contribution in [0.25, 0.3) is 98.7 Å². The Kier molecular flexibility index (Phi) is 5.83. The van der Waals surface area contributed by atoms with Gasteiger partial charge in [0.25, 0.3) is 0 Å². The number of aromatic nitrogens is 3. The molecule has 0 N–H and O–H groups in total. The van der Waals surface area contributed by atoms with Crippen LogP contribution in [0.1, 0.15) is 0 Å². The Morgan fingerprint density at radius 3 is 1.94 bits per heavy atom. The molecule has 0 atom stereocenters. The molecule has 0 radical (unpaired) electrons. The van der Waals surface area contributed by atoms with Gasteiger partial charge in [0.2, 0.25) is 0 Å². The normalized spacial score (nSPS) is 13.5. The standard InChI is InChI=1S/C47H31N3Si/c1-51(2)42-16-8-7-13-33(42)37-22-24-41-43(47(37)51)34-14-5-6-15-35(34)46(50-41)36-21-20-32(38-26-30-10-3-4-11-31(30)27-39(36)38)40-23-19-29-18-17-28-12-9-25-48-44(28)45(29)49-40/h3-27H,1-2H3. The maximum absolute atomic E-state index is 5.59. The quantitative estimate of drug-likeness (QED) is 0.105. The minimum atomic E-state index is -1.97. The molecule has 0 amide bonds. The SMILES string of the molecule is C[Si]1(C)c2ccccc2-c2ccc3nc(-c4ccc(-c5ccc6ccc7cccnc7c6n5)c5cc6ccccc6cc45)c4ccccc4c3c21. The lowest BCUT2D eigenvalue weighted by molar-refractivity contribution is 1.37. The van der Waals surface area contributed by atoms with Gasteiger partial charge in [0.05, 0.1) is 27.9 Å². The summed E-state index contributed by atoms with van der Waals surface area (Å²) in [6.07, 6.45) is 1.85. The minimum absolute atomic E-state index is 0.923. The molecule has 3 nitrogen and oxygen atoms in total. The second kappa shape index (κ2) is 10.4. The average molecular weight is 666 g/mol. The molecule has 10 aromatic rings. The second-order valence-corrected chi connectivity index (χ2v) is 18.7. The van der Waals surface area contributed by atoms with Crippen molar-refractivity contribution < 1.29 is 0 Å². The Morgan fingerprint density at radius 1 is 0.451 bits per heavy atom. The van der Waals surface area contributed by atoms with Gasteiger partial charge in [-0.1, -0.05) is 128 Å². The first-order valence-corrected chi connectivity index (χ1v) is 20.6. The molecule has 51 heavy (non-hydrogen) atoms. The molecule has 238 valence electrons. The molecule has 0 unspecified atom stereocenters. The van der Waals surface area contributed by atoms with Crippen LogP contribution in [0.15, 0.2) is 152 Å². The summed E-state index contributed by atoms with van der Waals surface area (Å²) in [5.74, 6) is 0. The van der Waals surface area contributed by atoms with E-state index >= 15 is 0 Å². The molecule has 0 spiro atoms. The van der Waals surface area contributed by atoms with E-state index in [4.69, 9.17) is 15.0 Å². The van der Waals surface area contributed by atoms with Gasteiger partial charge in [-0.2, -0.15) is 0 Å². The molecule has 4 heteroatoms. The molecule has 0 aliphatic carbocycles. The molecule has 11 rings (SSSR count). The zero-order chi connectivity index (χ0) is 33.8. The Balaban J connectivity index is 1.21. The van der Waals surface area contributed by atoms with Crippen LogP contribution in [0, 0.1) is 0 Å². The fraction of sp³-hybridized carbons (Fsp3) is 0.0426. The largest absolute Gasteiger partial charge is 0.254 e. The molecule has 0 saturated heterocycles. The van der Waals surface area contributed by atoms with Gasteiger partial charge in [-0.05, 0) is 78.8 Å². The summed E-state index contributed by atoms with van der Waals surface area (Å²) >= 11 is 0. The van der Waals surface area contributed by atoms with E-state index in [1.54, 1.807) is 0 Å². The van der Waals surface area contributed by atoms with Gasteiger partial charge in [0.15, 0.2) is 0 Å². The summed E-state index contributed by atoms with van der Waals surface area (Å²) in [7, 11) is -1.97. The predicted octanol–water partition coefficient (Wildman–Crippen LogP) is 10.9. The van der Waals surface area contributed by atoms with E-state index < -0.39 is 8.07 Å². The van der Waals surface area contributed by atoms with Crippen molar-refractivity contribution in [2.75, 3.05) is 0 Å². The third-order valence-corrected chi connectivity index (χ3v) is 14.8. The molecule has 0 fully saturated rings. The van der Waals surface area contributed by atoms with E-state index in [1.807, 2.05) is 12.3 Å². The highest BCUT2D eigenvalue weighted by molar-refractivity contribution is 7.05. The number of fused-ring (bicyclic) bond motifs is 12. The van der Waals surface area contributed by atoms with Gasteiger partial charge >= 0.3 is 0 Å². The van der Waals surface area contributed by atoms with Crippen molar-refractivity contribution in [3.8, 4) is 33.6 Å². The van der Waals surface area contributed by atoms with E-state index in [-0.39, 0.29) is 0 Å². The van der Waals surface area contributed by atoms with Gasteiger partial charge in [0.1, 0.15) is 8.07 Å². The lowest BCUT2D eigenvalue weighted by Crippen LogP contribution is -2.49. The van der Waals surface area contributed by atoms with Crippen LogP contribution in [0.3, 0.4) is 0 Å². The van der Waals surface area contributed by atoms with Crippen LogP contribution < -0.4 is 10.4 Å². The summed E-state index contributed by atoms with van der Waals surface area (Å²) < 4.78 is 0. The summed E-state index contributed by atoms with van der Waals surface area (Å²) in [6.45, 7) is 4.99. The summed E-state index contributed by atoms with van der Waals surface area (Å²) in [6, 6.07) is 53.0. The molecule has 7 aromatic carbocycles. The fourth-order valence-electron chi connectivity index (χ4n) is 8.86. The van der Waals surface area contributed by atoms with E-state index in [2.05, 4.69) is 153 Å². The number of benzene rings is 7. The Hall–Kier alpha value is -6.23. The summed E-state index contributed by atoms with van der Waals surface area (Å²) in [4.78, 5) is 15.6. The Bertz CT molecular complexity index is 3130. The predicted molar refractivity (Wildman–Crippen MR) is 218 cm³/mol. The van der Waals surface area contributed by atoms with Crippen molar-refractivity contribution in [3.05, 3.63) is 152 Å². The van der Waals surface area contributed by atoms with Crippen LogP contribution in [0.4, 0.5) is 0 Å². The molecule has 1 aliphatic rings. The second-order valence-electron chi connectivity index (χ2n) is 14.4. The maximum Gasteiger partial charge on any atom is 0.114 e. The van der Waals surface area contributed by atoms with Gasteiger partial charge in [0, 0.05) is 38.9 Å². The van der Waals surface area contributed by atoms with Gasteiger partial charge in [-0.15, -0.1) is 0 Å². The van der Waals surface area contributed by atoms with Crippen molar-refractivity contribution in [3.63, 3.8) is 0 Å². The fourth-order valence-corrected chi connectivity index (χ4v) is 12.3. The topological polar surface area (TPSA) is 38.7 Å². The van der Waals surface area contributed by atoms with Gasteiger partial charge < -0.3 is 0 Å². The Labute approximate surface area is 295 Å². The van der Waals surface area contributed by atoms with Crippen LogP contribution in [-0.2, 0) is 0 Å². The van der Waals surface area contributed by atoms with E-state index in [0.717, 1.165) is 55.2 Å². The van der Waals surface area contributed by atoms with Crippen molar-refractivity contribution in [2.45, 2.75) is 13.1 Å². The first-order valence-electron chi connectivity index (χ1n) is 17.6. The van der Waals surface area contributed by atoms with E-state index in [1.165, 1.54) is 53.8 Å². The van der Waals surface area contributed by atoms with Crippen molar-refractivity contribution in [1.82, 2.24) is 15.0 Å².